The van der Waals surface area contributed by atoms with Crippen LogP contribution in [0.25, 0.3) is 0 Å². The standard InChI is InChI=1S/C28H36N4O6/c29-17-21-11-13-22(14-12-21)26(34)32(24(28(37)38)16-20-9-5-2-6-10-20)31(25(33)18-30)23(27(35)36)15-19-7-3-1-4-8-19/h1-10,21-24H,11-18,29-30H2,(H,35,36)(H,37,38)/t21?,22?,23-,24-/m0/s1. The van der Waals surface area contributed by atoms with Crippen molar-refractivity contribution in [1.29, 1.82) is 0 Å². The lowest BCUT2D eigenvalue weighted by Crippen LogP contribution is -2.65. The van der Waals surface area contributed by atoms with Gasteiger partial charge >= 0.3 is 11.9 Å². The molecule has 10 nitrogen and oxygen atoms in total. The minimum Gasteiger partial charge on any atom is -0.480 e. The second kappa shape index (κ2) is 13.7. The zero-order valence-corrected chi connectivity index (χ0v) is 21.3. The number of nitrogens with two attached hydrogens (primary N) is 2. The highest BCUT2D eigenvalue weighted by atomic mass is 16.4. The Bertz CT molecular complexity index is 1090. The molecule has 204 valence electrons. The molecule has 0 bridgehead atoms. The topological polar surface area (TPSA) is 167 Å². The molecule has 0 heterocycles. The van der Waals surface area contributed by atoms with E-state index < -0.39 is 48.3 Å². The molecule has 2 aromatic carbocycles. The van der Waals surface area contributed by atoms with Gasteiger partial charge in [-0.05, 0) is 49.3 Å². The zero-order valence-electron chi connectivity index (χ0n) is 21.3. The van der Waals surface area contributed by atoms with Gasteiger partial charge < -0.3 is 21.7 Å². The lowest BCUT2D eigenvalue weighted by molar-refractivity contribution is -0.189. The highest BCUT2D eigenvalue weighted by Gasteiger charge is 2.44. The van der Waals surface area contributed by atoms with Crippen molar-refractivity contribution >= 4 is 23.8 Å². The zero-order chi connectivity index (χ0) is 27.7. The van der Waals surface area contributed by atoms with Crippen molar-refractivity contribution in [3.8, 4) is 0 Å². The van der Waals surface area contributed by atoms with Crippen LogP contribution in [0.3, 0.4) is 0 Å². The molecule has 0 saturated heterocycles. The first kappa shape index (κ1) is 28.8. The highest BCUT2D eigenvalue weighted by molar-refractivity contribution is 5.91. The van der Waals surface area contributed by atoms with Gasteiger partial charge in [0.1, 0.15) is 0 Å². The first-order valence-electron chi connectivity index (χ1n) is 12.8. The number of carboxylic acid groups (broad SMARTS) is 2. The summed E-state index contributed by atoms with van der Waals surface area (Å²) in [6, 6.07) is 14.3. The Hall–Kier alpha value is -3.76. The highest BCUT2D eigenvalue weighted by Crippen LogP contribution is 2.31. The second-order valence-electron chi connectivity index (χ2n) is 9.67. The van der Waals surface area contributed by atoms with E-state index in [2.05, 4.69) is 0 Å². The van der Waals surface area contributed by atoms with Crippen LogP contribution in [0.2, 0.25) is 0 Å². The summed E-state index contributed by atoms with van der Waals surface area (Å²) in [5, 5.41) is 22.2. The molecule has 0 aromatic heterocycles. The third kappa shape index (κ3) is 7.17. The maximum atomic E-state index is 14.1. The van der Waals surface area contributed by atoms with Gasteiger partial charge in [0.05, 0.1) is 6.54 Å². The molecule has 1 aliphatic carbocycles. The lowest BCUT2D eigenvalue weighted by Gasteiger charge is -2.43. The smallest absolute Gasteiger partial charge is 0.328 e. The monoisotopic (exact) mass is 524 g/mol. The average Bonchev–Trinajstić information content (AvgIpc) is 2.94. The summed E-state index contributed by atoms with van der Waals surface area (Å²) in [5.41, 5.74) is 12.7. The normalized spacial score (nSPS) is 18.7. The quantitative estimate of drug-likeness (QED) is 0.322. The summed E-state index contributed by atoms with van der Waals surface area (Å²) >= 11 is 0. The van der Waals surface area contributed by atoms with Crippen LogP contribution in [-0.2, 0) is 32.0 Å². The van der Waals surface area contributed by atoms with Crippen LogP contribution in [0.15, 0.2) is 60.7 Å². The van der Waals surface area contributed by atoms with E-state index in [9.17, 15) is 29.4 Å². The maximum Gasteiger partial charge on any atom is 0.328 e. The van der Waals surface area contributed by atoms with Gasteiger partial charge in [0.25, 0.3) is 5.91 Å². The van der Waals surface area contributed by atoms with Crippen molar-refractivity contribution in [3.05, 3.63) is 71.8 Å². The van der Waals surface area contributed by atoms with Gasteiger partial charge in [0.15, 0.2) is 12.1 Å². The predicted molar refractivity (Wildman–Crippen MR) is 140 cm³/mol. The fraction of sp³-hybridized carbons (Fsp3) is 0.429. The van der Waals surface area contributed by atoms with E-state index in [1.807, 2.05) is 0 Å². The van der Waals surface area contributed by atoms with Crippen LogP contribution in [0.4, 0.5) is 0 Å². The van der Waals surface area contributed by atoms with E-state index in [0.29, 0.717) is 43.4 Å². The molecule has 1 saturated carbocycles. The molecule has 0 aliphatic heterocycles. The van der Waals surface area contributed by atoms with Crippen molar-refractivity contribution in [2.75, 3.05) is 13.1 Å². The fourth-order valence-corrected chi connectivity index (χ4v) is 5.01. The molecule has 2 atom stereocenters. The van der Waals surface area contributed by atoms with E-state index >= 15 is 0 Å². The van der Waals surface area contributed by atoms with E-state index in [0.717, 1.165) is 10.0 Å². The van der Waals surface area contributed by atoms with Gasteiger partial charge in [-0.25, -0.2) is 19.6 Å². The second-order valence-corrected chi connectivity index (χ2v) is 9.67. The van der Waals surface area contributed by atoms with Gasteiger partial charge in [-0.1, -0.05) is 60.7 Å². The Kier molecular flexibility index (Phi) is 10.4. The molecule has 1 fully saturated rings. The predicted octanol–water partition coefficient (Wildman–Crippen LogP) is 1.67. The van der Waals surface area contributed by atoms with Crippen molar-refractivity contribution in [2.24, 2.45) is 23.3 Å². The summed E-state index contributed by atoms with van der Waals surface area (Å²) < 4.78 is 0. The van der Waals surface area contributed by atoms with Gasteiger partial charge in [-0.3, -0.25) is 9.59 Å². The number of aliphatic carboxylic acids is 2. The number of hydrazine groups is 1. The molecular weight excluding hydrogens is 488 g/mol. The van der Waals surface area contributed by atoms with E-state index in [4.69, 9.17) is 11.5 Å². The van der Waals surface area contributed by atoms with E-state index in [1.54, 1.807) is 60.7 Å². The third-order valence-electron chi connectivity index (χ3n) is 7.12. The van der Waals surface area contributed by atoms with Crippen LogP contribution in [-0.4, -0.2) is 69.2 Å². The minimum absolute atomic E-state index is 0.119. The number of amides is 2. The summed E-state index contributed by atoms with van der Waals surface area (Å²) in [6.45, 7) is -0.105. The molecule has 6 N–H and O–H groups in total. The van der Waals surface area contributed by atoms with E-state index in [-0.39, 0.29) is 18.8 Å². The third-order valence-corrected chi connectivity index (χ3v) is 7.12. The average molecular weight is 525 g/mol. The Labute approximate surface area is 222 Å². The maximum absolute atomic E-state index is 14.1. The molecule has 0 radical (unpaired) electrons. The summed E-state index contributed by atoms with van der Waals surface area (Å²) in [7, 11) is 0. The molecule has 2 amide bonds. The van der Waals surface area contributed by atoms with Crippen LogP contribution >= 0.6 is 0 Å². The molecule has 2 aromatic rings. The number of hydrogen-bond acceptors (Lipinski definition) is 6. The molecule has 38 heavy (non-hydrogen) atoms. The summed E-state index contributed by atoms with van der Waals surface area (Å²) in [4.78, 5) is 52.6. The fourth-order valence-electron chi connectivity index (χ4n) is 5.01. The van der Waals surface area contributed by atoms with Gasteiger partial charge in [-0.2, -0.15) is 0 Å². The number of benzene rings is 2. The van der Waals surface area contributed by atoms with Gasteiger partial charge in [0, 0.05) is 18.8 Å². The van der Waals surface area contributed by atoms with Crippen molar-refractivity contribution < 1.29 is 29.4 Å². The number of carbonyl (C=O) groups excluding carboxylic acids is 2. The number of hydrogen-bond donors (Lipinski definition) is 4. The lowest BCUT2D eigenvalue weighted by atomic mass is 9.81. The Balaban J connectivity index is 2.09. The summed E-state index contributed by atoms with van der Waals surface area (Å²) in [5.74, 6) is -4.48. The Morgan fingerprint density at radius 2 is 1.18 bits per heavy atom. The Morgan fingerprint density at radius 1 is 0.737 bits per heavy atom. The van der Waals surface area contributed by atoms with E-state index in [1.165, 1.54) is 0 Å². The molecule has 3 rings (SSSR count). The minimum atomic E-state index is -1.55. The van der Waals surface area contributed by atoms with Crippen LogP contribution < -0.4 is 11.5 Å². The van der Waals surface area contributed by atoms with Crippen LogP contribution in [0.5, 0.6) is 0 Å². The summed E-state index contributed by atoms with van der Waals surface area (Å²) in [6.07, 6.45) is 2.06. The van der Waals surface area contributed by atoms with Crippen LogP contribution in [0.1, 0.15) is 36.8 Å². The van der Waals surface area contributed by atoms with Crippen molar-refractivity contribution in [1.82, 2.24) is 10.0 Å². The van der Waals surface area contributed by atoms with Crippen molar-refractivity contribution in [2.45, 2.75) is 50.6 Å². The number of carboxylic acids is 2. The molecule has 0 unspecified atom stereocenters. The Morgan fingerprint density at radius 3 is 1.58 bits per heavy atom. The number of rotatable bonds is 11. The largest absolute Gasteiger partial charge is 0.480 e. The first-order valence-corrected chi connectivity index (χ1v) is 12.8. The van der Waals surface area contributed by atoms with Gasteiger partial charge in [-0.15, -0.1) is 0 Å². The number of nitrogens with zero attached hydrogens (tertiary/aromatic N) is 2. The number of carbonyl (C=O) groups is 4. The van der Waals surface area contributed by atoms with Gasteiger partial charge in [0.2, 0.25) is 5.91 Å². The van der Waals surface area contributed by atoms with Crippen molar-refractivity contribution in [3.63, 3.8) is 0 Å². The SMILES string of the molecule is NCC(=O)N([C@@H](Cc1ccccc1)C(=O)O)N(C(=O)C1CCC(CN)CC1)[C@@H](Cc1ccccc1)C(=O)O. The molecule has 1 aliphatic rings. The first-order chi connectivity index (χ1) is 18.3. The molecule has 0 spiro atoms. The van der Waals surface area contributed by atoms with Crippen LogP contribution in [0, 0.1) is 11.8 Å². The molecular formula is C28H36N4O6. The molecule has 10 heteroatoms.